The molecule has 5 rings (SSSR count). The third-order valence-corrected chi connectivity index (χ3v) is 6.92. The highest BCUT2D eigenvalue weighted by molar-refractivity contribution is 5.79. The average molecular weight is 478 g/mol. The molecule has 1 aromatic carbocycles. The molecule has 0 saturated carbocycles. The number of ether oxygens (including phenoxy) is 1. The van der Waals surface area contributed by atoms with E-state index >= 15 is 0 Å². The third kappa shape index (κ3) is 4.91. The number of rotatable bonds is 8. The van der Waals surface area contributed by atoms with Gasteiger partial charge in [-0.1, -0.05) is 12.1 Å². The number of carbonyl (C=O) groups is 2. The molecule has 10 nitrogen and oxygen atoms in total. The predicted octanol–water partition coefficient (Wildman–Crippen LogP) is 1.97. The summed E-state index contributed by atoms with van der Waals surface area (Å²) in [5.74, 6) is 2.46. The van der Waals surface area contributed by atoms with Crippen LogP contribution in [0.5, 0.6) is 5.75 Å². The molecule has 1 N–H and O–H groups in total. The van der Waals surface area contributed by atoms with E-state index < -0.39 is 0 Å². The van der Waals surface area contributed by atoms with Crippen molar-refractivity contribution in [2.24, 2.45) is 0 Å². The number of carbonyl (C=O) groups excluding carboxylic acids is 2. The lowest BCUT2D eigenvalue weighted by Gasteiger charge is -2.31. The van der Waals surface area contributed by atoms with Crippen LogP contribution in [0.25, 0.3) is 5.78 Å². The van der Waals surface area contributed by atoms with E-state index in [1.54, 1.807) is 17.8 Å². The average Bonchev–Trinajstić information content (AvgIpc) is 3.56. The second-order valence-corrected chi connectivity index (χ2v) is 9.06. The van der Waals surface area contributed by atoms with Crippen LogP contribution < -0.4 is 15.0 Å². The monoisotopic (exact) mass is 477 g/mol. The van der Waals surface area contributed by atoms with E-state index in [4.69, 9.17) is 4.74 Å². The zero-order chi connectivity index (χ0) is 24.2. The van der Waals surface area contributed by atoms with Gasteiger partial charge in [0.25, 0.3) is 5.78 Å². The molecule has 35 heavy (non-hydrogen) atoms. The van der Waals surface area contributed by atoms with Crippen molar-refractivity contribution in [3.8, 4) is 5.75 Å². The van der Waals surface area contributed by atoms with E-state index in [0.29, 0.717) is 44.7 Å². The molecule has 0 radical (unpaired) electrons. The van der Waals surface area contributed by atoms with Gasteiger partial charge in [-0.15, -0.1) is 0 Å². The Morgan fingerprint density at radius 3 is 2.97 bits per heavy atom. The molecule has 1 saturated heterocycles. The van der Waals surface area contributed by atoms with E-state index in [1.807, 2.05) is 23.1 Å². The highest BCUT2D eigenvalue weighted by atomic mass is 16.5. The number of amides is 2. The zero-order valence-corrected chi connectivity index (χ0v) is 20.0. The first-order chi connectivity index (χ1) is 17.1. The number of hydrogen-bond acceptors (Lipinski definition) is 7. The molecule has 0 unspecified atom stereocenters. The summed E-state index contributed by atoms with van der Waals surface area (Å²) in [4.78, 5) is 36.9. The Hall–Kier alpha value is -3.69. The zero-order valence-electron chi connectivity index (χ0n) is 20.0. The van der Waals surface area contributed by atoms with Gasteiger partial charge in [0.15, 0.2) is 0 Å². The van der Waals surface area contributed by atoms with E-state index in [9.17, 15) is 9.59 Å². The summed E-state index contributed by atoms with van der Waals surface area (Å²) in [6.07, 6.45) is 7.53. The summed E-state index contributed by atoms with van der Waals surface area (Å²) >= 11 is 0. The fourth-order valence-electron chi connectivity index (χ4n) is 5.02. The normalized spacial score (nSPS) is 17.5. The topological polar surface area (TPSA) is 105 Å². The number of hydrogen-bond donors (Lipinski definition) is 1. The van der Waals surface area contributed by atoms with Gasteiger partial charge in [-0.05, 0) is 43.4 Å². The standard InChI is InChI=1S/C25H31N7O3/c1-26-22(33)8-3-9-24(34)30-14-11-18-5-2-7-21(20(18)15-30)35-16-19-6-4-13-31(19)23-10-12-27-25-28-17-29-32(23)25/h2,5,7,10,12,17,19H,3-4,6,8-9,11,13-16H2,1H3,(H,26,33)/t19-/m1/s1. The quantitative estimate of drug-likeness (QED) is 0.529. The van der Waals surface area contributed by atoms with Crippen molar-refractivity contribution in [3.05, 3.63) is 47.9 Å². The van der Waals surface area contributed by atoms with Gasteiger partial charge in [0.1, 0.15) is 24.5 Å². The molecule has 10 heteroatoms. The number of nitrogens with zero attached hydrogens (tertiary/aromatic N) is 6. The van der Waals surface area contributed by atoms with Crippen LogP contribution in [0, 0.1) is 0 Å². The highest BCUT2D eigenvalue weighted by Gasteiger charge is 2.29. The van der Waals surface area contributed by atoms with Gasteiger partial charge < -0.3 is 19.9 Å². The summed E-state index contributed by atoms with van der Waals surface area (Å²) < 4.78 is 8.17. The van der Waals surface area contributed by atoms with Crippen LogP contribution in [0.4, 0.5) is 5.82 Å². The third-order valence-electron chi connectivity index (χ3n) is 6.92. The fraction of sp³-hybridized carbons (Fsp3) is 0.480. The molecule has 2 aliphatic rings. The maximum atomic E-state index is 12.8. The second kappa shape index (κ2) is 10.3. The van der Waals surface area contributed by atoms with Gasteiger partial charge >= 0.3 is 0 Å². The molecule has 1 fully saturated rings. The Kier molecular flexibility index (Phi) is 6.78. The summed E-state index contributed by atoms with van der Waals surface area (Å²) in [5, 5.41) is 6.94. The van der Waals surface area contributed by atoms with Crippen LogP contribution in [0.15, 0.2) is 36.8 Å². The first kappa shape index (κ1) is 23.1. The summed E-state index contributed by atoms with van der Waals surface area (Å²) in [7, 11) is 1.62. The van der Waals surface area contributed by atoms with Crippen molar-refractivity contribution in [2.45, 2.75) is 51.1 Å². The van der Waals surface area contributed by atoms with Crippen molar-refractivity contribution in [3.63, 3.8) is 0 Å². The van der Waals surface area contributed by atoms with Gasteiger partial charge in [-0.25, -0.2) is 4.98 Å². The summed E-state index contributed by atoms with van der Waals surface area (Å²) in [5.41, 5.74) is 2.32. The Balaban J connectivity index is 1.25. The van der Waals surface area contributed by atoms with Gasteiger partial charge in [0.05, 0.1) is 6.04 Å². The van der Waals surface area contributed by atoms with E-state index in [-0.39, 0.29) is 17.9 Å². The fourth-order valence-corrected chi connectivity index (χ4v) is 5.02. The number of fused-ring (bicyclic) bond motifs is 2. The Labute approximate surface area is 204 Å². The number of nitrogens with one attached hydrogen (secondary N) is 1. The molecule has 3 aromatic rings. The largest absolute Gasteiger partial charge is 0.491 e. The van der Waals surface area contributed by atoms with Crippen molar-refractivity contribution in [1.82, 2.24) is 29.8 Å². The van der Waals surface area contributed by atoms with Crippen LogP contribution in [-0.2, 0) is 22.6 Å². The predicted molar refractivity (Wildman–Crippen MR) is 130 cm³/mol. The summed E-state index contributed by atoms with van der Waals surface area (Å²) in [6.45, 7) is 2.72. The molecule has 0 bridgehead atoms. The number of anilines is 1. The lowest BCUT2D eigenvalue weighted by Crippen LogP contribution is -2.37. The highest BCUT2D eigenvalue weighted by Crippen LogP contribution is 2.31. The second-order valence-electron chi connectivity index (χ2n) is 9.06. The SMILES string of the molecule is CNC(=O)CCCC(=O)N1CCc2cccc(OC[C@H]3CCCN3c3ccnc4ncnn34)c2C1. The molecular formula is C25H31N7O3. The van der Waals surface area contributed by atoms with Gasteiger partial charge in [0.2, 0.25) is 11.8 Å². The van der Waals surface area contributed by atoms with Crippen LogP contribution in [0.3, 0.4) is 0 Å². The Bertz CT molecular complexity index is 1210. The number of benzene rings is 1. The lowest BCUT2D eigenvalue weighted by atomic mass is 9.98. The minimum atomic E-state index is -0.0326. The van der Waals surface area contributed by atoms with Crippen LogP contribution >= 0.6 is 0 Å². The Morgan fingerprint density at radius 1 is 1.17 bits per heavy atom. The molecule has 184 valence electrons. The van der Waals surface area contributed by atoms with E-state index in [2.05, 4.69) is 31.3 Å². The smallest absolute Gasteiger partial charge is 0.254 e. The molecule has 2 aliphatic heterocycles. The van der Waals surface area contributed by atoms with Crippen LogP contribution in [0.1, 0.15) is 43.2 Å². The molecule has 4 heterocycles. The molecular weight excluding hydrogens is 446 g/mol. The van der Waals surface area contributed by atoms with Gasteiger partial charge in [-0.3, -0.25) is 9.59 Å². The van der Waals surface area contributed by atoms with Crippen molar-refractivity contribution >= 4 is 23.4 Å². The van der Waals surface area contributed by atoms with Gasteiger partial charge in [0, 0.05) is 51.3 Å². The molecule has 1 atom stereocenters. The maximum absolute atomic E-state index is 12.8. The minimum Gasteiger partial charge on any atom is -0.491 e. The van der Waals surface area contributed by atoms with Gasteiger partial charge in [-0.2, -0.15) is 14.6 Å². The number of aromatic nitrogens is 4. The molecule has 0 aliphatic carbocycles. The summed E-state index contributed by atoms with van der Waals surface area (Å²) in [6, 6.07) is 8.34. The molecule has 2 aromatic heterocycles. The van der Waals surface area contributed by atoms with Crippen molar-refractivity contribution < 1.29 is 14.3 Å². The van der Waals surface area contributed by atoms with Crippen molar-refractivity contribution in [2.75, 3.05) is 31.6 Å². The van der Waals surface area contributed by atoms with E-state index in [1.165, 1.54) is 11.9 Å². The first-order valence-corrected chi connectivity index (χ1v) is 12.3. The lowest BCUT2D eigenvalue weighted by molar-refractivity contribution is -0.132. The minimum absolute atomic E-state index is 0.0326. The maximum Gasteiger partial charge on any atom is 0.254 e. The Morgan fingerprint density at radius 2 is 2.09 bits per heavy atom. The molecule has 0 spiro atoms. The van der Waals surface area contributed by atoms with Crippen molar-refractivity contribution in [1.29, 1.82) is 0 Å². The first-order valence-electron chi connectivity index (χ1n) is 12.3. The van der Waals surface area contributed by atoms with E-state index in [0.717, 1.165) is 42.9 Å². The molecule has 2 amide bonds. The van der Waals surface area contributed by atoms with Crippen LogP contribution in [0.2, 0.25) is 0 Å². The van der Waals surface area contributed by atoms with Crippen LogP contribution in [-0.4, -0.2) is 69.1 Å².